The van der Waals surface area contributed by atoms with Gasteiger partial charge in [0.25, 0.3) is 0 Å². The molecule has 0 amide bonds. The van der Waals surface area contributed by atoms with Crippen LogP contribution >= 0.6 is 0 Å². The fourth-order valence-electron chi connectivity index (χ4n) is 3.89. The minimum atomic E-state index is -0.0605. The molecule has 4 rings (SSSR count). The van der Waals surface area contributed by atoms with Gasteiger partial charge < -0.3 is 14.4 Å². The van der Waals surface area contributed by atoms with E-state index in [0.29, 0.717) is 12.7 Å². The molecule has 3 atom stereocenters. The third-order valence-corrected chi connectivity index (χ3v) is 5.00. The Morgan fingerprint density at radius 1 is 1.33 bits per heavy atom. The minimum Gasteiger partial charge on any atom is -0.464 e. The maximum absolute atomic E-state index is 12.1. The van der Waals surface area contributed by atoms with Crippen molar-refractivity contribution in [2.75, 3.05) is 24.6 Å². The lowest BCUT2D eigenvalue weighted by Gasteiger charge is -2.21. The van der Waals surface area contributed by atoms with Gasteiger partial charge >= 0.3 is 5.97 Å². The maximum Gasteiger partial charge on any atom is 0.311 e. The van der Waals surface area contributed by atoms with Gasteiger partial charge in [0, 0.05) is 12.2 Å². The van der Waals surface area contributed by atoms with Gasteiger partial charge in [-0.2, -0.15) is 0 Å². The predicted molar refractivity (Wildman–Crippen MR) is 79.3 cm³/mol. The number of nitrogens with zero attached hydrogens (tertiary/aromatic N) is 1. The molecule has 0 N–H and O–H groups in total. The topological polar surface area (TPSA) is 38.8 Å². The van der Waals surface area contributed by atoms with E-state index in [1.807, 2.05) is 0 Å². The summed E-state index contributed by atoms with van der Waals surface area (Å²) < 4.78 is 11.2. The first-order chi connectivity index (χ1) is 10.3. The van der Waals surface area contributed by atoms with Crippen LogP contribution in [0.15, 0.2) is 24.3 Å². The van der Waals surface area contributed by atoms with E-state index in [0.717, 1.165) is 38.8 Å². The van der Waals surface area contributed by atoms with E-state index in [1.54, 1.807) is 0 Å². The molecule has 112 valence electrons. The van der Waals surface area contributed by atoms with E-state index in [-0.39, 0.29) is 18.0 Å². The van der Waals surface area contributed by atoms with Gasteiger partial charge in [0.1, 0.15) is 6.61 Å². The molecule has 0 aliphatic carbocycles. The van der Waals surface area contributed by atoms with Crippen LogP contribution in [0.2, 0.25) is 0 Å². The fourth-order valence-corrected chi connectivity index (χ4v) is 3.89. The first kappa shape index (κ1) is 13.1. The number of benzene rings is 1. The summed E-state index contributed by atoms with van der Waals surface area (Å²) in [6.07, 6.45) is 4.50. The summed E-state index contributed by atoms with van der Waals surface area (Å²) in [6, 6.07) is 8.47. The summed E-state index contributed by atoms with van der Waals surface area (Å²) >= 11 is 0. The zero-order valence-corrected chi connectivity index (χ0v) is 12.2. The van der Waals surface area contributed by atoms with Crippen LogP contribution in [0, 0.1) is 5.92 Å². The number of hydrogen-bond donors (Lipinski definition) is 0. The minimum absolute atomic E-state index is 0.0189. The van der Waals surface area contributed by atoms with E-state index in [4.69, 9.17) is 9.47 Å². The third kappa shape index (κ3) is 2.42. The fraction of sp³-hybridized carbons (Fsp3) is 0.588. The molecular weight excluding hydrogens is 266 g/mol. The Kier molecular flexibility index (Phi) is 3.34. The highest BCUT2D eigenvalue weighted by Gasteiger charge is 2.45. The second-order valence-corrected chi connectivity index (χ2v) is 6.25. The molecule has 3 unspecified atom stereocenters. The molecule has 21 heavy (non-hydrogen) atoms. The van der Waals surface area contributed by atoms with Gasteiger partial charge in [-0.05, 0) is 37.3 Å². The Morgan fingerprint density at radius 2 is 2.24 bits per heavy atom. The van der Waals surface area contributed by atoms with E-state index in [9.17, 15) is 4.79 Å². The summed E-state index contributed by atoms with van der Waals surface area (Å²) in [5.74, 6) is -0.0794. The van der Waals surface area contributed by atoms with Crippen molar-refractivity contribution < 1.29 is 14.3 Å². The molecular formula is C17H21NO3. The summed E-state index contributed by atoms with van der Waals surface area (Å²) in [5, 5.41) is 0. The highest BCUT2D eigenvalue weighted by atomic mass is 16.5. The number of fused-ring (bicyclic) bond motifs is 3. The predicted octanol–water partition coefficient (Wildman–Crippen LogP) is 2.16. The number of ether oxygens (including phenoxy) is 2. The van der Waals surface area contributed by atoms with E-state index in [1.165, 1.54) is 11.3 Å². The molecule has 4 nitrogen and oxygen atoms in total. The standard InChI is InChI=1S/C17H21NO3/c19-17(14-11-13-5-6-16(14)21-13)20-10-9-18-8-7-12-3-1-2-4-15(12)18/h1-4,13-14,16H,5-11H2. The second-order valence-electron chi connectivity index (χ2n) is 6.25. The van der Waals surface area contributed by atoms with Gasteiger partial charge in [0.2, 0.25) is 0 Å². The molecule has 0 spiro atoms. The van der Waals surface area contributed by atoms with Crippen LogP contribution in [0.1, 0.15) is 24.8 Å². The Balaban J connectivity index is 1.28. The normalized spacial score (nSPS) is 29.7. The Hall–Kier alpha value is -1.55. The number of para-hydroxylation sites is 1. The van der Waals surface area contributed by atoms with Crippen molar-refractivity contribution in [2.24, 2.45) is 5.92 Å². The highest BCUT2D eigenvalue weighted by Crippen LogP contribution is 2.39. The highest BCUT2D eigenvalue weighted by molar-refractivity contribution is 5.73. The molecule has 3 aliphatic rings. The summed E-state index contributed by atoms with van der Waals surface area (Å²) in [6.45, 7) is 2.28. The van der Waals surface area contributed by atoms with Crippen LogP contribution < -0.4 is 4.90 Å². The summed E-state index contributed by atoms with van der Waals surface area (Å²) in [5.41, 5.74) is 2.68. The number of hydrogen-bond acceptors (Lipinski definition) is 4. The number of anilines is 1. The van der Waals surface area contributed by atoms with Crippen LogP contribution in [0.4, 0.5) is 5.69 Å². The first-order valence-corrected chi connectivity index (χ1v) is 7.96. The number of rotatable bonds is 4. The van der Waals surface area contributed by atoms with Crippen molar-refractivity contribution in [3.8, 4) is 0 Å². The van der Waals surface area contributed by atoms with Gasteiger partial charge in [-0.25, -0.2) is 0 Å². The SMILES string of the molecule is O=C(OCCN1CCc2ccccc21)C1CC2CCC1O2. The van der Waals surface area contributed by atoms with E-state index < -0.39 is 0 Å². The van der Waals surface area contributed by atoms with Gasteiger partial charge in [-0.1, -0.05) is 18.2 Å². The molecule has 1 aromatic carbocycles. The summed E-state index contributed by atoms with van der Waals surface area (Å²) in [4.78, 5) is 14.4. The average molecular weight is 287 g/mol. The Bertz CT molecular complexity index is 545. The monoisotopic (exact) mass is 287 g/mol. The Labute approximate surface area is 125 Å². The molecule has 4 heteroatoms. The van der Waals surface area contributed by atoms with E-state index in [2.05, 4.69) is 29.2 Å². The molecule has 2 saturated heterocycles. The lowest BCUT2D eigenvalue weighted by Crippen LogP contribution is -2.31. The van der Waals surface area contributed by atoms with Crippen LogP contribution in [-0.2, 0) is 20.7 Å². The lowest BCUT2D eigenvalue weighted by atomic mass is 9.89. The van der Waals surface area contributed by atoms with Crippen molar-refractivity contribution in [2.45, 2.75) is 37.9 Å². The van der Waals surface area contributed by atoms with Crippen LogP contribution in [0.5, 0.6) is 0 Å². The third-order valence-electron chi connectivity index (χ3n) is 5.00. The molecule has 3 heterocycles. The molecule has 0 saturated carbocycles. The molecule has 1 aromatic rings. The largest absolute Gasteiger partial charge is 0.464 e. The zero-order valence-electron chi connectivity index (χ0n) is 12.2. The average Bonchev–Trinajstić information content (AvgIpc) is 3.22. The number of carbonyl (C=O) groups is 1. The molecule has 0 radical (unpaired) electrons. The van der Waals surface area contributed by atoms with Crippen LogP contribution in [-0.4, -0.2) is 37.9 Å². The molecule has 3 aliphatic heterocycles. The van der Waals surface area contributed by atoms with Gasteiger partial charge in [0.15, 0.2) is 0 Å². The quantitative estimate of drug-likeness (QED) is 0.796. The number of esters is 1. The van der Waals surface area contributed by atoms with Crippen molar-refractivity contribution in [1.29, 1.82) is 0 Å². The smallest absolute Gasteiger partial charge is 0.311 e. The van der Waals surface area contributed by atoms with Crippen molar-refractivity contribution >= 4 is 11.7 Å². The summed E-state index contributed by atoms with van der Waals surface area (Å²) in [7, 11) is 0. The maximum atomic E-state index is 12.1. The molecule has 2 bridgehead atoms. The van der Waals surface area contributed by atoms with Crippen molar-refractivity contribution in [3.05, 3.63) is 29.8 Å². The number of carbonyl (C=O) groups excluding carboxylic acids is 1. The second kappa shape index (κ2) is 5.34. The van der Waals surface area contributed by atoms with Crippen LogP contribution in [0.25, 0.3) is 0 Å². The van der Waals surface area contributed by atoms with Gasteiger partial charge in [0.05, 0.1) is 24.7 Å². The van der Waals surface area contributed by atoms with Crippen molar-refractivity contribution in [1.82, 2.24) is 0 Å². The van der Waals surface area contributed by atoms with Crippen LogP contribution in [0.3, 0.4) is 0 Å². The Morgan fingerprint density at radius 3 is 3.05 bits per heavy atom. The van der Waals surface area contributed by atoms with E-state index >= 15 is 0 Å². The zero-order chi connectivity index (χ0) is 14.2. The molecule has 2 fully saturated rings. The molecule has 0 aromatic heterocycles. The van der Waals surface area contributed by atoms with Gasteiger partial charge in [-0.15, -0.1) is 0 Å². The van der Waals surface area contributed by atoms with Crippen molar-refractivity contribution in [3.63, 3.8) is 0 Å². The van der Waals surface area contributed by atoms with Gasteiger partial charge in [-0.3, -0.25) is 4.79 Å². The lowest BCUT2D eigenvalue weighted by molar-refractivity contribution is -0.149. The first-order valence-electron chi connectivity index (χ1n) is 7.96.